The fourth-order valence-corrected chi connectivity index (χ4v) is 2.38. The summed E-state index contributed by atoms with van der Waals surface area (Å²) in [5.74, 6) is 0. The van der Waals surface area contributed by atoms with Gasteiger partial charge in [0.15, 0.2) is 0 Å². The van der Waals surface area contributed by atoms with Crippen molar-refractivity contribution in [2.24, 2.45) is 0 Å². The third-order valence-corrected chi connectivity index (χ3v) is 3.46. The second-order valence-corrected chi connectivity index (χ2v) is 4.83. The quantitative estimate of drug-likeness (QED) is 0.613. The van der Waals surface area contributed by atoms with Gasteiger partial charge in [0, 0.05) is 10.4 Å². The van der Waals surface area contributed by atoms with Crippen molar-refractivity contribution in [3.05, 3.63) is 69.5 Å². The van der Waals surface area contributed by atoms with E-state index in [4.69, 9.17) is 16.0 Å². The van der Waals surface area contributed by atoms with E-state index in [1.54, 1.807) is 18.2 Å². The van der Waals surface area contributed by atoms with Gasteiger partial charge in [-0.15, -0.1) is 0 Å². The topological polar surface area (TPSA) is 30.2 Å². The maximum absolute atomic E-state index is 12.1. The van der Waals surface area contributed by atoms with E-state index in [-0.39, 0.29) is 5.63 Å². The van der Waals surface area contributed by atoms with Gasteiger partial charge in [0.2, 0.25) is 0 Å². The zero-order valence-electron chi connectivity index (χ0n) is 10.3. The lowest BCUT2D eigenvalue weighted by atomic mass is 10.00. The van der Waals surface area contributed by atoms with Gasteiger partial charge in [0.25, 0.3) is 0 Å². The molecule has 0 N–H and O–H groups in total. The molecule has 0 bridgehead atoms. The largest absolute Gasteiger partial charge is 0.422 e. The molecule has 3 aromatic rings. The highest BCUT2D eigenvalue weighted by Crippen LogP contribution is 2.27. The number of benzene rings is 2. The van der Waals surface area contributed by atoms with Crippen LogP contribution in [0, 0.1) is 6.92 Å². The van der Waals surface area contributed by atoms with E-state index in [0.29, 0.717) is 16.2 Å². The number of fused-ring (bicyclic) bond motifs is 1. The molecule has 0 aliphatic carbocycles. The molecule has 2 aromatic carbocycles. The molecule has 3 rings (SSSR count). The molecule has 0 fully saturated rings. The van der Waals surface area contributed by atoms with Crippen LogP contribution in [0.15, 0.2) is 57.7 Å². The fourth-order valence-electron chi connectivity index (χ4n) is 2.26. The van der Waals surface area contributed by atoms with Crippen LogP contribution in [0.3, 0.4) is 0 Å². The lowest BCUT2D eigenvalue weighted by Crippen LogP contribution is -2.05. The van der Waals surface area contributed by atoms with Gasteiger partial charge >= 0.3 is 5.63 Å². The molecule has 0 amide bonds. The standard InChI is InChI=1S/C16H11ClO2/c1-10-13-4-2-3-5-14(13)19-16(18)15(10)11-6-8-12(17)9-7-11/h2-9H,1H3. The number of para-hydroxylation sites is 1. The minimum atomic E-state index is -0.321. The molecule has 0 spiro atoms. The maximum Gasteiger partial charge on any atom is 0.344 e. The van der Waals surface area contributed by atoms with Crippen LogP contribution in [-0.2, 0) is 0 Å². The van der Waals surface area contributed by atoms with E-state index in [2.05, 4.69) is 0 Å². The van der Waals surface area contributed by atoms with Crippen LogP contribution in [0.25, 0.3) is 22.1 Å². The van der Waals surface area contributed by atoms with Crippen molar-refractivity contribution in [1.82, 2.24) is 0 Å². The Hall–Kier alpha value is -2.06. The molecule has 1 heterocycles. The Morgan fingerprint density at radius 1 is 1.00 bits per heavy atom. The second kappa shape index (κ2) is 4.56. The van der Waals surface area contributed by atoms with Crippen LogP contribution in [0.4, 0.5) is 0 Å². The normalized spacial score (nSPS) is 10.8. The summed E-state index contributed by atoms with van der Waals surface area (Å²) < 4.78 is 5.37. The predicted octanol–water partition coefficient (Wildman–Crippen LogP) is 4.42. The molecular weight excluding hydrogens is 260 g/mol. The Labute approximate surface area is 115 Å². The lowest BCUT2D eigenvalue weighted by molar-refractivity contribution is 0.562. The highest BCUT2D eigenvalue weighted by molar-refractivity contribution is 6.30. The summed E-state index contributed by atoms with van der Waals surface area (Å²) in [6.45, 7) is 1.93. The summed E-state index contributed by atoms with van der Waals surface area (Å²) in [7, 11) is 0. The Morgan fingerprint density at radius 2 is 1.68 bits per heavy atom. The zero-order chi connectivity index (χ0) is 13.4. The summed E-state index contributed by atoms with van der Waals surface area (Å²) in [6.07, 6.45) is 0. The number of halogens is 1. The minimum absolute atomic E-state index is 0.321. The maximum atomic E-state index is 12.1. The van der Waals surface area contributed by atoms with Crippen molar-refractivity contribution in [2.75, 3.05) is 0 Å². The Morgan fingerprint density at radius 3 is 2.42 bits per heavy atom. The van der Waals surface area contributed by atoms with E-state index < -0.39 is 0 Å². The molecule has 0 radical (unpaired) electrons. The van der Waals surface area contributed by atoms with E-state index in [1.807, 2.05) is 37.3 Å². The van der Waals surface area contributed by atoms with Crippen LogP contribution in [-0.4, -0.2) is 0 Å². The number of rotatable bonds is 1. The molecule has 3 heteroatoms. The summed E-state index contributed by atoms with van der Waals surface area (Å²) in [5, 5.41) is 1.60. The number of hydrogen-bond donors (Lipinski definition) is 0. The van der Waals surface area contributed by atoms with Crippen LogP contribution < -0.4 is 5.63 Å². The third-order valence-electron chi connectivity index (χ3n) is 3.21. The first-order valence-corrected chi connectivity index (χ1v) is 6.33. The lowest BCUT2D eigenvalue weighted by Gasteiger charge is -2.07. The molecule has 1 aromatic heterocycles. The number of aryl methyl sites for hydroxylation is 1. The first kappa shape index (κ1) is 12.0. The molecule has 19 heavy (non-hydrogen) atoms. The van der Waals surface area contributed by atoms with E-state index in [1.165, 1.54) is 0 Å². The highest BCUT2D eigenvalue weighted by atomic mass is 35.5. The van der Waals surface area contributed by atoms with Crippen LogP contribution >= 0.6 is 11.6 Å². The van der Waals surface area contributed by atoms with Gasteiger partial charge in [0.05, 0.1) is 5.56 Å². The van der Waals surface area contributed by atoms with E-state index in [9.17, 15) is 4.79 Å². The Balaban J connectivity index is 2.35. The van der Waals surface area contributed by atoms with Crippen molar-refractivity contribution < 1.29 is 4.42 Å². The first-order valence-electron chi connectivity index (χ1n) is 5.95. The average Bonchev–Trinajstić information content (AvgIpc) is 2.41. The average molecular weight is 271 g/mol. The van der Waals surface area contributed by atoms with Gasteiger partial charge in [-0.05, 0) is 36.2 Å². The van der Waals surface area contributed by atoms with Crippen LogP contribution in [0.1, 0.15) is 5.56 Å². The SMILES string of the molecule is Cc1c(-c2ccc(Cl)cc2)c(=O)oc2ccccc12. The van der Waals surface area contributed by atoms with Crippen LogP contribution in [0.5, 0.6) is 0 Å². The Kier molecular flexibility index (Phi) is 2.88. The van der Waals surface area contributed by atoms with E-state index in [0.717, 1.165) is 16.5 Å². The molecule has 0 unspecified atom stereocenters. The molecule has 0 aliphatic rings. The minimum Gasteiger partial charge on any atom is -0.422 e. The van der Waals surface area contributed by atoms with Gasteiger partial charge < -0.3 is 4.42 Å². The third kappa shape index (κ3) is 2.04. The molecule has 2 nitrogen and oxygen atoms in total. The number of hydrogen-bond acceptors (Lipinski definition) is 2. The molecule has 0 aliphatic heterocycles. The highest BCUT2D eigenvalue weighted by Gasteiger charge is 2.12. The molecule has 0 saturated carbocycles. The smallest absolute Gasteiger partial charge is 0.344 e. The Bertz CT molecular complexity index is 801. The van der Waals surface area contributed by atoms with Crippen molar-refractivity contribution >= 4 is 22.6 Å². The second-order valence-electron chi connectivity index (χ2n) is 4.39. The van der Waals surface area contributed by atoms with Crippen molar-refractivity contribution in [3.63, 3.8) is 0 Å². The van der Waals surface area contributed by atoms with Crippen molar-refractivity contribution in [3.8, 4) is 11.1 Å². The van der Waals surface area contributed by atoms with Crippen molar-refractivity contribution in [2.45, 2.75) is 6.92 Å². The predicted molar refractivity (Wildman–Crippen MR) is 77.7 cm³/mol. The molecule has 0 atom stereocenters. The summed E-state index contributed by atoms with van der Waals surface area (Å²) in [6, 6.07) is 14.7. The van der Waals surface area contributed by atoms with E-state index >= 15 is 0 Å². The molecular formula is C16H11ClO2. The van der Waals surface area contributed by atoms with Gasteiger partial charge in [0.1, 0.15) is 5.58 Å². The van der Waals surface area contributed by atoms with Gasteiger partial charge in [-0.25, -0.2) is 4.79 Å². The van der Waals surface area contributed by atoms with Crippen LogP contribution in [0.2, 0.25) is 5.02 Å². The summed E-state index contributed by atoms with van der Waals surface area (Å²) in [5.41, 5.74) is 2.63. The first-order chi connectivity index (χ1) is 9.16. The fraction of sp³-hybridized carbons (Fsp3) is 0.0625. The zero-order valence-corrected chi connectivity index (χ0v) is 11.1. The summed E-state index contributed by atoms with van der Waals surface area (Å²) in [4.78, 5) is 12.1. The van der Waals surface area contributed by atoms with Gasteiger partial charge in [-0.2, -0.15) is 0 Å². The molecule has 94 valence electrons. The summed E-state index contributed by atoms with van der Waals surface area (Å²) >= 11 is 5.87. The van der Waals surface area contributed by atoms with Gasteiger partial charge in [-0.1, -0.05) is 41.9 Å². The molecule has 0 saturated heterocycles. The van der Waals surface area contributed by atoms with Gasteiger partial charge in [-0.3, -0.25) is 0 Å². The van der Waals surface area contributed by atoms with Crippen molar-refractivity contribution in [1.29, 1.82) is 0 Å². The monoisotopic (exact) mass is 270 g/mol.